The predicted molar refractivity (Wildman–Crippen MR) is 89.2 cm³/mol. The largest absolute Gasteiger partial charge is 0.464 e. The number of rotatable bonds is 8. The fourth-order valence-electron chi connectivity index (χ4n) is 2.25. The Bertz CT molecular complexity index is 464. The van der Waals surface area contributed by atoms with Crippen molar-refractivity contribution in [3.8, 4) is 0 Å². The maximum Gasteiger partial charge on any atom is 0.338 e. The Hall–Kier alpha value is -1.66. The molecule has 6 heteroatoms. The van der Waals surface area contributed by atoms with Gasteiger partial charge in [0.2, 0.25) is 0 Å². The molecule has 1 saturated heterocycles. The van der Waals surface area contributed by atoms with Crippen molar-refractivity contribution in [3.05, 3.63) is 23.3 Å². The first-order chi connectivity index (χ1) is 11.4. The third-order valence-corrected chi connectivity index (χ3v) is 3.39. The van der Waals surface area contributed by atoms with Gasteiger partial charge in [-0.2, -0.15) is 0 Å². The van der Waals surface area contributed by atoms with Crippen LogP contribution in [-0.4, -0.2) is 43.7 Å². The average molecular weight is 340 g/mol. The van der Waals surface area contributed by atoms with Crippen LogP contribution in [0.25, 0.3) is 0 Å². The van der Waals surface area contributed by atoms with Gasteiger partial charge in [-0.25, -0.2) is 9.59 Å². The fraction of sp³-hybridized carbons (Fsp3) is 0.667. The van der Waals surface area contributed by atoms with Gasteiger partial charge in [0.1, 0.15) is 0 Å². The second kappa shape index (κ2) is 10.3. The minimum Gasteiger partial charge on any atom is -0.464 e. The van der Waals surface area contributed by atoms with Crippen LogP contribution in [0.4, 0.5) is 0 Å². The van der Waals surface area contributed by atoms with E-state index in [9.17, 15) is 9.59 Å². The molecule has 0 saturated carbocycles. The van der Waals surface area contributed by atoms with E-state index in [-0.39, 0.29) is 13.2 Å². The van der Waals surface area contributed by atoms with Crippen LogP contribution in [-0.2, 0) is 28.5 Å². The van der Waals surface area contributed by atoms with E-state index < -0.39 is 30.4 Å². The minimum atomic E-state index is -1.10. The molecule has 24 heavy (non-hydrogen) atoms. The first-order valence-electron chi connectivity index (χ1n) is 8.33. The van der Waals surface area contributed by atoms with E-state index in [0.717, 1.165) is 18.4 Å². The van der Waals surface area contributed by atoms with E-state index >= 15 is 0 Å². The van der Waals surface area contributed by atoms with Crippen LogP contribution in [0.3, 0.4) is 0 Å². The highest BCUT2D eigenvalue weighted by molar-refractivity contribution is 5.86. The number of carbonyl (C=O) groups is 2. The lowest BCUT2D eigenvalue weighted by molar-refractivity contribution is -0.163. The molecule has 0 bridgehead atoms. The van der Waals surface area contributed by atoms with Gasteiger partial charge in [-0.1, -0.05) is 17.2 Å². The molecule has 0 aromatic carbocycles. The van der Waals surface area contributed by atoms with Crippen LogP contribution in [0.1, 0.15) is 47.5 Å². The number of esters is 2. The second-order valence-corrected chi connectivity index (χ2v) is 5.82. The van der Waals surface area contributed by atoms with Crippen LogP contribution in [0.2, 0.25) is 0 Å². The Morgan fingerprint density at radius 2 is 1.46 bits per heavy atom. The van der Waals surface area contributed by atoms with Crippen LogP contribution in [0.5, 0.6) is 0 Å². The molecular weight excluding hydrogens is 312 g/mol. The smallest absolute Gasteiger partial charge is 0.338 e. The van der Waals surface area contributed by atoms with Crippen molar-refractivity contribution in [2.24, 2.45) is 0 Å². The second-order valence-electron chi connectivity index (χ2n) is 5.82. The normalized spacial score (nSPS) is 21.5. The number of allylic oxidation sites excluding steroid dienone is 3. The molecule has 6 nitrogen and oxygen atoms in total. The zero-order valence-corrected chi connectivity index (χ0v) is 15.2. The van der Waals surface area contributed by atoms with Crippen LogP contribution in [0.15, 0.2) is 23.3 Å². The molecule has 1 heterocycles. The summed E-state index contributed by atoms with van der Waals surface area (Å²) in [4.78, 5) is 24.0. The average Bonchev–Trinajstić information content (AvgIpc) is 2.91. The molecule has 0 radical (unpaired) electrons. The maximum absolute atomic E-state index is 12.0. The van der Waals surface area contributed by atoms with Crippen molar-refractivity contribution in [1.29, 1.82) is 0 Å². The zero-order chi connectivity index (χ0) is 18.1. The van der Waals surface area contributed by atoms with Crippen LogP contribution < -0.4 is 0 Å². The van der Waals surface area contributed by atoms with Gasteiger partial charge in [0.25, 0.3) is 0 Å². The molecule has 0 amide bonds. The van der Waals surface area contributed by atoms with E-state index in [4.69, 9.17) is 18.9 Å². The van der Waals surface area contributed by atoms with Crippen molar-refractivity contribution >= 4 is 11.9 Å². The van der Waals surface area contributed by atoms with E-state index in [0.29, 0.717) is 0 Å². The summed E-state index contributed by atoms with van der Waals surface area (Å²) in [6.45, 7) is 9.86. The molecule has 1 fully saturated rings. The standard InChI is InChI=1S/C18H28O6/c1-6-21-17(19)15-16(18(20)22-7-2)24-14(23-15)11-13(5)10-8-9-12(3)4/h9,11,14-16H,6-8,10H2,1-5H3/t15-,16-/m1/s1. The highest BCUT2D eigenvalue weighted by Crippen LogP contribution is 2.24. The molecule has 0 aromatic heterocycles. The first kappa shape index (κ1) is 20.4. The third kappa shape index (κ3) is 6.45. The zero-order valence-electron chi connectivity index (χ0n) is 15.2. The van der Waals surface area contributed by atoms with Gasteiger partial charge in [0.05, 0.1) is 13.2 Å². The predicted octanol–water partition coefficient (Wildman–Crippen LogP) is 2.92. The van der Waals surface area contributed by atoms with Gasteiger partial charge >= 0.3 is 11.9 Å². The summed E-state index contributed by atoms with van der Waals surface area (Å²) in [7, 11) is 0. The van der Waals surface area contributed by atoms with Crippen molar-refractivity contribution < 1.29 is 28.5 Å². The summed E-state index contributed by atoms with van der Waals surface area (Å²) in [5.41, 5.74) is 2.32. The maximum atomic E-state index is 12.0. The third-order valence-electron chi connectivity index (χ3n) is 3.39. The van der Waals surface area contributed by atoms with E-state index in [1.807, 2.05) is 6.92 Å². The topological polar surface area (TPSA) is 71.1 Å². The van der Waals surface area contributed by atoms with Gasteiger partial charge in [-0.3, -0.25) is 0 Å². The van der Waals surface area contributed by atoms with Gasteiger partial charge < -0.3 is 18.9 Å². The summed E-state index contributed by atoms with van der Waals surface area (Å²) in [6, 6.07) is 0. The molecule has 0 unspecified atom stereocenters. The number of carbonyl (C=O) groups excluding carboxylic acids is 2. The quantitative estimate of drug-likeness (QED) is 0.500. The van der Waals surface area contributed by atoms with Crippen LogP contribution >= 0.6 is 0 Å². The Morgan fingerprint density at radius 1 is 0.958 bits per heavy atom. The van der Waals surface area contributed by atoms with Crippen molar-refractivity contribution in [1.82, 2.24) is 0 Å². The lowest BCUT2D eigenvalue weighted by atomic mass is 10.1. The minimum absolute atomic E-state index is 0.205. The summed E-state index contributed by atoms with van der Waals surface area (Å²) in [5.74, 6) is -1.23. The van der Waals surface area contributed by atoms with Gasteiger partial charge in [0.15, 0.2) is 18.5 Å². The number of hydrogen-bond acceptors (Lipinski definition) is 6. The molecule has 1 aliphatic rings. The molecule has 0 aliphatic carbocycles. The lowest BCUT2D eigenvalue weighted by Crippen LogP contribution is -2.39. The Morgan fingerprint density at radius 3 is 1.88 bits per heavy atom. The molecule has 2 atom stereocenters. The highest BCUT2D eigenvalue weighted by atomic mass is 16.8. The summed E-state index contributed by atoms with van der Waals surface area (Å²) < 4.78 is 21.0. The van der Waals surface area contributed by atoms with Crippen LogP contribution in [0, 0.1) is 0 Å². The molecular formula is C18H28O6. The summed E-state index contributed by atoms with van der Waals surface area (Å²) in [5, 5.41) is 0. The van der Waals surface area contributed by atoms with E-state index in [1.165, 1.54) is 5.57 Å². The fourth-order valence-corrected chi connectivity index (χ4v) is 2.25. The first-order valence-corrected chi connectivity index (χ1v) is 8.33. The van der Waals surface area contributed by atoms with E-state index in [2.05, 4.69) is 19.9 Å². The van der Waals surface area contributed by atoms with Gasteiger partial charge in [-0.05, 0) is 53.5 Å². The van der Waals surface area contributed by atoms with Crippen molar-refractivity contribution in [2.75, 3.05) is 13.2 Å². The van der Waals surface area contributed by atoms with Gasteiger partial charge in [-0.15, -0.1) is 0 Å². The van der Waals surface area contributed by atoms with E-state index in [1.54, 1.807) is 19.9 Å². The SMILES string of the molecule is CCOC(=O)[C@@H]1OC(C=C(C)CCC=C(C)C)O[C@H]1C(=O)OCC. The molecule has 1 aliphatic heterocycles. The molecule has 0 spiro atoms. The summed E-state index contributed by atoms with van der Waals surface area (Å²) in [6.07, 6.45) is 2.73. The molecule has 0 N–H and O–H groups in total. The number of ether oxygens (including phenoxy) is 4. The molecule has 1 rings (SSSR count). The van der Waals surface area contributed by atoms with Crippen molar-refractivity contribution in [2.45, 2.75) is 66.0 Å². The monoisotopic (exact) mass is 340 g/mol. The highest BCUT2D eigenvalue weighted by Gasteiger charge is 2.46. The lowest BCUT2D eigenvalue weighted by Gasteiger charge is -2.13. The molecule has 136 valence electrons. The Labute approximate surface area is 143 Å². The van der Waals surface area contributed by atoms with Crippen molar-refractivity contribution in [3.63, 3.8) is 0 Å². The number of hydrogen-bond donors (Lipinski definition) is 0. The Balaban J connectivity index is 2.75. The molecule has 0 aromatic rings. The summed E-state index contributed by atoms with van der Waals surface area (Å²) >= 11 is 0. The van der Waals surface area contributed by atoms with Gasteiger partial charge in [0, 0.05) is 0 Å². The Kier molecular flexibility index (Phi) is 8.71.